The number of rotatable bonds is 8. The molecule has 4 rings (SSSR count). The van der Waals surface area contributed by atoms with Gasteiger partial charge in [-0.1, -0.05) is 87.1 Å². The number of phosphoric acid groups is 1. The first kappa shape index (κ1) is 24.5. The standard InChI is InChI=1S/C28H31O4PS/c1-28(2,3)22-19-20-26(27(21-22)34-25-17-11-6-12-18-25)32-33(29,30-23-13-7-4-8-14-23)31-24-15-9-5-10-16-24/h4-18,22H,19-21H2,1-3H3. The summed E-state index contributed by atoms with van der Waals surface area (Å²) in [5.74, 6) is 2.05. The maximum Gasteiger partial charge on any atom is 0.646 e. The predicted molar refractivity (Wildman–Crippen MR) is 139 cm³/mol. The lowest BCUT2D eigenvalue weighted by atomic mass is 9.74. The molecule has 1 atom stereocenters. The van der Waals surface area contributed by atoms with Crippen LogP contribution in [0.4, 0.5) is 0 Å². The molecule has 1 unspecified atom stereocenters. The molecule has 3 aromatic rings. The van der Waals surface area contributed by atoms with Gasteiger partial charge in [0, 0.05) is 16.2 Å². The third-order valence-electron chi connectivity index (χ3n) is 5.81. The Kier molecular flexibility index (Phi) is 7.75. The van der Waals surface area contributed by atoms with Crippen LogP contribution in [0.3, 0.4) is 0 Å². The molecular formula is C28H31O4PS. The van der Waals surface area contributed by atoms with Gasteiger partial charge in [-0.2, -0.15) is 4.57 Å². The topological polar surface area (TPSA) is 44.8 Å². The molecule has 0 bridgehead atoms. The highest BCUT2D eigenvalue weighted by molar-refractivity contribution is 8.03. The third kappa shape index (κ3) is 6.71. The number of para-hydroxylation sites is 2. The van der Waals surface area contributed by atoms with Gasteiger partial charge in [-0.15, -0.1) is 0 Å². The highest BCUT2D eigenvalue weighted by Gasteiger charge is 2.38. The van der Waals surface area contributed by atoms with Crippen molar-refractivity contribution < 1.29 is 18.1 Å². The van der Waals surface area contributed by atoms with Gasteiger partial charge in [-0.3, -0.25) is 0 Å². The molecule has 3 aromatic carbocycles. The maximum absolute atomic E-state index is 14.0. The van der Waals surface area contributed by atoms with Crippen molar-refractivity contribution in [3.63, 3.8) is 0 Å². The second-order valence-corrected chi connectivity index (χ2v) is 12.0. The number of phosphoric ester groups is 1. The highest BCUT2D eigenvalue weighted by Crippen LogP contribution is 2.55. The molecule has 34 heavy (non-hydrogen) atoms. The van der Waals surface area contributed by atoms with E-state index >= 15 is 0 Å². The molecule has 0 saturated carbocycles. The molecule has 0 fully saturated rings. The summed E-state index contributed by atoms with van der Waals surface area (Å²) in [4.78, 5) is 2.20. The van der Waals surface area contributed by atoms with Crippen LogP contribution in [-0.2, 0) is 9.09 Å². The van der Waals surface area contributed by atoms with Crippen LogP contribution >= 0.6 is 19.6 Å². The van der Waals surface area contributed by atoms with Gasteiger partial charge in [0.2, 0.25) is 0 Å². The molecule has 0 aliphatic heterocycles. The zero-order valence-corrected chi connectivity index (χ0v) is 21.6. The smallest absolute Gasteiger partial charge is 0.390 e. The molecule has 0 heterocycles. The molecule has 0 saturated heterocycles. The van der Waals surface area contributed by atoms with E-state index in [1.54, 1.807) is 36.0 Å². The summed E-state index contributed by atoms with van der Waals surface area (Å²) in [6.07, 6.45) is 2.49. The molecule has 0 spiro atoms. The van der Waals surface area contributed by atoms with Crippen molar-refractivity contribution in [2.24, 2.45) is 11.3 Å². The van der Waals surface area contributed by atoms with E-state index in [2.05, 4.69) is 32.9 Å². The average molecular weight is 495 g/mol. The zero-order chi connectivity index (χ0) is 24.0. The summed E-state index contributed by atoms with van der Waals surface area (Å²) in [5.41, 5.74) is 0.165. The molecular weight excluding hydrogens is 463 g/mol. The van der Waals surface area contributed by atoms with E-state index in [4.69, 9.17) is 13.6 Å². The molecule has 0 N–H and O–H groups in total. The minimum atomic E-state index is -4.01. The van der Waals surface area contributed by atoms with Crippen LogP contribution in [0, 0.1) is 11.3 Å². The van der Waals surface area contributed by atoms with Gasteiger partial charge in [0.25, 0.3) is 0 Å². The summed E-state index contributed by atoms with van der Waals surface area (Å²) < 4.78 is 31.9. The van der Waals surface area contributed by atoms with Crippen LogP contribution < -0.4 is 9.05 Å². The van der Waals surface area contributed by atoms with Crippen LogP contribution in [0.25, 0.3) is 0 Å². The normalized spacial score (nSPS) is 16.7. The fourth-order valence-corrected chi connectivity index (χ4v) is 6.39. The van der Waals surface area contributed by atoms with Crippen LogP contribution in [0.5, 0.6) is 11.5 Å². The second kappa shape index (κ2) is 10.8. The second-order valence-electron chi connectivity index (χ2n) is 9.41. The molecule has 178 valence electrons. The molecule has 6 heteroatoms. The predicted octanol–water partition coefficient (Wildman–Crippen LogP) is 9.12. The fraction of sp³-hybridized carbons (Fsp3) is 0.286. The average Bonchev–Trinajstić information content (AvgIpc) is 2.81. The minimum Gasteiger partial charge on any atom is -0.390 e. The van der Waals surface area contributed by atoms with Crippen molar-refractivity contribution in [1.82, 2.24) is 0 Å². The first-order valence-electron chi connectivity index (χ1n) is 11.5. The van der Waals surface area contributed by atoms with Crippen LogP contribution in [0.1, 0.15) is 40.0 Å². The largest absolute Gasteiger partial charge is 0.646 e. The molecule has 0 aromatic heterocycles. The Morgan fingerprint density at radius 2 is 1.26 bits per heavy atom. The van der Waals surface area contributed by atoms with E-state index in [-0.39, 0.29) is 5.41 Å². The molecule has 4 nitrogen and oxygen atoms in total. The first-order chi connectivity index (χ1) is 16.3. The van der Waals surface area contributed by atoms with Crippen LogP contribution in [0.15, 0.2) is 107 Å². The Morgan fingerprint density at radius 1 is 0.765 bits per heavy atom. The van der Waals surface area contributed by atoms with E-state index in [0.29, 0.717) is 29.6 Å². The third-order valence-corrected chi connectivity index (χ3v) is 8.28. The summed E-state index contributed by atoms with van der Waals surface area (Å²) in [6, 6.07) is 28.2. The summed E-state index contributed by atoms with van der Waals surface area (Å²) in [7, 11) is -4.01. The van der Waals surface area contributed by atoms with Gasteiger partial charge in [-0.25, -0.2) is 0 Å². The SMILES string of the molecule is CC(C)(C)C1CCC(OP(=O)(Oc2ccccc2)Oc2ccccc2)=C(Sc2ccccc2)C1. The van der Waals surface area contributed by atoms with E-state index in [0.717, 1.165) is 22.6 Å². The minimum absolute atomic E-state index is 0.165. The van der Waals surface area contributed by atoms with Crippen molar-refractivity contribution >= 4 is 19.6 Å². The van der Waals surface area contributed by atoms with Crippen molar-refractivity contribution in [3.05, 3.63) is 102 Å². The molecule has 1 aliphatic rings. The van der Waals surface area contributed by atoms with E-state index in [9.17, 15) is 4.57 Å². The van der Waals surface area contributed by atoms with Gasteiger partial charge in [0.05, 0.1) is 0 Å². The van der Waals surface area contributed by atoms with E-state index in [1.165, 1.54) is 0 Å². The number of hydrogen-bond donors (Lipinski definition) is 0. The maximum atomic E-state index is 14.0. The Labute approximate surface area is 207 Å². The fourth-order valence-electron chi connectivity index (χ4n) is 3.86. The molecule has 0 amide bonds. The van der Waals surface area contributed by atoms with Crippen molar-refractivity contribution in [2.45, 2.75) is 44.9 Å². The van der Waals surface area contributed by atoms with Gasteiger partial charge in [0.1, 0.15) is 17.3 Å². The van der Waals surface area contributed by atoms with E-state index in [1.807, 2.05) is 54.6 Å². The number of benzene rings is 3. The lowest BCUT2D eigenvalue weighted by Gasteiger charge is -2.36. The summed E-state index contributed by atoms with van der Waals surface area (Å²) in [6.45, 7) is 6.82. The highest BCUT2D eigenvalue weighted by atomic mass is 32.2. The van der Waals surface area contributed by atoms with E-state index < -0.39 is 7.82 Å². The number of hydrogen-bond acceptors (Lipinski definition) is 5. The lowest BCUT2D eigenvalue weighted by Crippen LogP contribution is -2.24. The summed E-state index contributed by atoms with van der Waals surface area (Å²) in [5, 5.41) is 0. The van der Waals surface area contributed by atoms with Gasteiger partial charge in [-0.05, 0) is 60.6 Å². The quantitative estimate of drug-likeness (QED) is 0.292. The Hall–Kier alpha value is -2.62. The Balaban J connectivity index is 1.67. The van der Waals surface area contributed by atoms with Crippen LogP contribution in [-0.4, -0.2) is 0 Å². The van der Waals surface area contributed by atoms with Crippen molar-refractivity contribution in [1.29, 1.82) is 0 Å². The van der Waals surface area contributed by atoms with Crippen LogP contribution in [0.2, 0.25) is 0 Å². The lowest BCUT2D eigenvalue weighted by molar-refractivity contribution is 0.191. The number of allylic oxidation sites excluding steroid dienone is 2. The zero-order valence-electron chi connectivity index (χ0n) is 19.8. The summed E-state index contributed by atoms with van der Waals surface area (Å²) >= 11 is 1.67. The molecule has 1 aliphatic carbocycles. The molecule has 0 radical (unpaired) electrons. The van der Waals surface area contributed by atoms with Gasteiger partial charge < -0.3 is 13.6 Å². The van der Waals surface area contributed by atoms with Gasteiger partial charge >= 0.3 is 7.82 Å². The number of thioether (sulfide) groups is 1. The first-order valence-corrected chi connectivity index (χ1v) is 13.8. The monoisotopic (exact) mass is 494 g/mol. The van der Waals surface area contributed by atoms with Gasteiger partial charge in [0.15, 0.2) is 0 Å². The Bertz CT molecular complexity index is 1100. The van der Waals surface area contributed by atoms with Crippen molar-refractivity contribution in [2.75, 3.05) is 0 Å². The van der Waals surface area contributed by atoms with Crippen molar-refractivity contribution in [3.8, 4) is 11.5 Å². The Morgan fingerprint density at radius 3 is 1.76 bits per heavy atom.